The van der Waals surface area contributed by atoms with Crippen LogP contribution in [0.25, 0.3) is 11.3 Å². The first kappa shape index (κ1) is 21.6. The maximum absolute atomic E-state index is 13.4. The number of hydrogen-bond acceptors (Lipinski definition) is 7. The van der Waals surface area contributed by atoms with Gasteiger partial charge in [-0.05, 0) is 49.1 Å². The van der Waals surface area contributed by atoms with Crippen molar-refractivity contribution >= 4 is 32.4 Å². The molecule has 2 heterocycles. The molecule has 31 heavy (non-hydrogen) atoms. The van der Waals surface area contributed by atoms with Gasteiger partial charge in [0.15, 0.2) is 9.34 Å². The topological polar surface area (TPSA) is 126 Å². The Balaban J connectivity index is 1.64. The zero-order valence-corrected chi connectivity index (χ0v) is 18.7. The van der Waals surface area contributed by atoms with E-state index in [0.717, 1.165) is 33.7 Å². The molecule has 0 saturated carbocycles. The van der Waals surface area contributed by atoms with Gasteiger partial charge in [0, 0.05) is 18.8 Å². The second-order valence-corrected chi connectivity index (χ2v) is 10.5. The number of nitrogens with zero attached hydrogens (tertiary/aromatic N) is 3. The number of nitrogens with two attached hydrogens (primary N) is 1. The van der Waals surface area contributed by atoms with E-state index in [4.69, 9.17) is 5.14 Å². The Morgan fingerprint density at radius 2 is 2.00 bits per heavy atom. The van der Waals surface area contributed by atoms with Crippen LogP contribution in [0, 0.1) is 12.3 Å². The third-order valence-corrected chi connectivity index (χ3v) is 8.36. The van der Waals surface area contributed by atoms with Crippen LogP contribution in [0.1, 0.15) is 16.8 Å². The van der Waals surface area contributed by atoms with Crippen molar-refractivity contribution in [3.8, 4) is 11.3 Å². The van der Waals surface area contributed by atoms with Crippen molar-refractivity contribution in [3.05, 3.63) is 59.4 Å². The molecule has 8 nitrogen and oxygen atoms in total. The molecule has 0 spiro atoms. The maximum atomic E-state index is 13.4. The highest BCUT2D eigenvalue weighted by Gasteiger charge is 2.46. The van der Waals surface area contributed by atoms with Gasteiger partial charge >= 0.3 is 0 Å². The van der Waals surface area contributed by atoms with Crippen molar-refractivity contribution in [2.75, 3.05) is 18.6 Å². The van der Waals surface area contributed by atoms with Crippen molar-refractivity contribution in [3.63, 3.8) is 0 Å². The molecule has 3 N–H and O–H groups in total. The standard InChI is InChI=1S/C21H22N4O4S2/c1-13-18(31(22,28)29)30-20(24-13)25(2)19(27)21(12-26)10-15-7-6-14(9-16(15)11-21)17-5-3-4-8-23-17/h3-9,26H,10-12H2,1-2H3,(H2,22,28,29). The van der Waals surface area contributed by atoms with Crippen LogP contribution in [0.3, 0.4) is 0 Å². The van der Waals surface area contributed by atoms with Gasteiger partial charge in [0.1, 0.15) is 0 Å². The maximum Gasteiger partial charge on any atom is 0.249 e. The summed E-state index contributed by atoms with van der Waals surface area (Å²) in [6.07, 6.45) is 2.48. The molecule has 10 heteroatoms. The largest absolute Gasteiger partial charge is 0.395 e. The number of primary sulfonamides is 1. The number of pyridine rings is 1. The molecule has 0 fully saturated rings. The number of carbonyl (C=O) groups excluding carboxylic acids is 1. The number of aryl methyl sites for hydroxylation is 1. The van der Waals surface area contributed by atoms with E-state index in [0.29, 0.717) is 12.8 Å². The SMILES string of the molecule is Cc1nc(N(C)C(=O)C2(CO)Cc3ccc(-c4ccccn4)cc3C2)sc1S(N)(=O)=O. The number of aliphatic hydroxyl groups excluding tert-OH is 1. The molecule has 0 radical (unpaired) electrons. The molecule has 2 aromatic heterocycles. The normalized spacial score (nSPS) is 18.1. The number of sulfonamides is 1. The van der Waals surface area contributed by atoms with E-state index in [1.165, 1.54) is 18.9 Å². The number of benzene rings is 1. The number of aromatic nitrogens is 2. The van der Waals surface area contributed by atoms with Crippen molar-refractivity contribution in [2.24, 2.45) is 10.6 Å². The number of carbonyl (C=O) groups is 1. The summed E-state index contributed by atoms with van der Waals surface area (Å²) in [6.45, 7) is 1.20. The fraction of sp³-hybridized carbons (Fsp3) is 0.286. The van der Waals surface area contributed by atoms with E-state index in [1.54, 1.807) is 6.20 Å². The number of thiazole rings is 1. The Kier molecular flexibility index (Phi) is 5.42. The second kappa shape index (κ2) is 7.79. The Bertz CT molecular complexity index is 1260. The van der Waals surface area contributed by atoms with Gasteiger partial charge in [0.25, 0.3) is 0 Å². The lowest BCUT2D eigenvalue weighted by Crippen LogP contribution is -2.45. The first-order valence-corrected chi connectivity index (χ1v) is 11.9. The first-order chi connectivity index (χ1) is 14.6. The predicted molar refractivity (Wildman–Crippen MR) is 118 cm³/mol. The number of anilines is 1. The van der Waals surface area contributed by atoms with Gasteiger partial charge in [0.05, 0.1) is 23.4 Å². The Hall–Kier alpha value is -2.66. The van der Waals surface area contributed by atoms with Gasteiger partial charge in [-0.1, -0.05) is 29.5 Å². The van der Waals surface area contributed by atoms with E-state index in [-0.39, 0.29) is 27.5 Å². The van der Waals surface area contributed by atoms with Crippen molar-refractivity contribution in [2.45, 2.75) is 24.0 Å². The quantitative estimate of drug-likeness (QED) is 0.601. The van der Waals surface area contributed by atoms with Gasteiger partial charge < -0.3 is 5.11 Å². The summed E-state index contributed by atoms with van der Waals surface area (Å²) >= 11 is 0.846. The highest BCUT2D eigenvalue weighted by Crippen LogP contribution is 2.41. The van der Waals surface area contributed by atoms with Crippen LogP contribution in [0.4, 0.5) is 5.13 Å². The fourth-order valence-electron chi connectivity index (χ4n) is 4.00. The minimum atomic E-state index is -3.92. The average molecular weight is 459 g/mol. The zero-order valence-electron chi connectivity index (χ0n) is 17.1. The molecule has 3 aromatic rings. The molecule has 1 amide bonds. The van der Waals surface area contributed by atoms with Crippen molar-refractivity contribution in [1.29, 1.82) is 0 Å². The smallest absolute Gasteiger partial charge is 0.249 e. The van der Waals surface area contributed by atoms with Crippen LogP contribution in [0.5, 0.6) is 0 Å². The van der Waals surface area contributed by atoms with Crippen LogP contribution in [-0.4, -0.2) is 43.1 Å². The van der Waals surface area contributed by atoms with Crippen LogP contribution in [0.15, 0.2) is 46.8 Å². The summed E-state index contributed by atoms with van der Waals surface area (Å²) in [4.78, 5) is 23.3. The van der Waals surface area contributed by atoms with Gasteiger partial charge in [-0.2, -0.15) is 0 Å². The number of fused-ring (bicyclic) bond motifs is 1. The summed E-state index contributed by atoms with van der Waals surface area (Å²) < 4.78 is 23.4. The lowest BCUT2D eigenvalue weighted by Gasteiger charge is -2.29. The summed E-state index contributed by atoms with van der Waals surface area (Å²) in [5.74, 6) is -0.319. The van der Waals surface area contributed by atoms with Crippen LogP contribution in [0.2, 0.25) is 0 Å². The summed E-state index contributed by atoms with van der Waals surface area (Å²) in [6, 6.07) is 11.6. The molecule has 1 aliphatic carbocycles. The molecule has 1 aromatic carbocycles. The molecule has 162 valence electrons. The number of aliphatic hydroxyl groups is 1. The van der Waals surface area contributed by atoms with Crippen molar-refractivity contribution in [1.82, 2.24) is 9.97 Å². The van der Waals surface area contributed by atoms with Crippen molar-refractivity contribution < 1.29 is 18.3 Å². The Morgan fingerprint density at radius 1 is 1.26 bits per heavy atom. The zero-order chi connectivity index (χ0) is 22.4. The molecule has 0 bridgehead atoms. The lowest BCUT2D eigenvalue weighted by atomic mass is 9.84. The minimum Gasteiger partial charge on any atom is -0.395 e. The monoisotopic (exact) mass is 458 g/mol. The highest BCUT2D eigenvalue weighted by atomic mass is 32.2. The Labute approximate surface area is 184 Å². The third kappa shape index (κ3) is 3.87. The molecule has 1 aliphatic rings. The molecular weight excluding hydrogens is 436 g/mol. The van der Waals surface area contributed by atoms with E-state index < -0.39 is 15.4 Å². The number of amides is 1. The van der Waals surface area contributed by atoms with E-state index in [1.807, 2.05) is 36.4 Å². The summed E-state index contributed by atoms with van der Waals surface area (Å²) in [7, 11) is -2.39. The van der Waals surface area contributed by atoms with Crippen LogP contribution < -0.4 is 10.0 Å². The lowest BCUT2D eigenvalue weighted by molar-refractivity contribution is -0.129. The first-order valence-electron chi connectivity index (χ1n) is 9.57. The molecular formula is C21H22N4O4S2. The summed E-state index contributed by atoms with van der Waals surface area (Å²) in [5.41, 5.74) is 2.97. The van der Waals surface area contributed by atoms with Gasteiger partial charge in [-0.25, -0.2) is 18.5 Å². The van der Waals surface area contributed by atoms with E-state index in [9.17, 15) is 18.3 Å². The second-order valence-electron chi connectivity index (χ2n) is 7.77. The minimum absolute atomic E-state index is 0.0742. The molecule has 0 aliphatic heterocycles. The van der Waals surface area contributed by atoms with Gasteiger partial charge in [-0.3, -0.25) is 14.7 Å². The highest BCUT2D eigenvalue weighted by molar-refractivity contribution is 7.91. The number of hydrogen-bond donors (Lipinski definition) is 2. The average Bonchev–Trinajstić information content (AvgIpc) is 3.34. The van der Waals surface area contributed by atoms with E-state index >= 15 is 0 Å². The third-order valence-electron chi connectivity index (χ3n) is 5.57. The molecule has 1 unspecified atom stereocenters. The van der Waals surface area contributed by atoms with Crippen LogP contribution >= 0.6 is 11.3 Å². The molecule has 1 atom stereocenters. The molecule has 4 rings (SSSR count). The van der Waals surface area contributed by atoms with Gasteiger partial charge in [-0.15, -0.1) is 0 Å². The number of rotatable bonds is 5. The summed E-state index contributed by atoms with van der Waals surface area (Å²) in [5, 5.41) is 15.7. The molecule has 0 saturated heterocycles. The Morgan fingerprint density at radius 3 is 2.61 bits per heavy atom. The van der Waals surface area contributed by atoms with Crippen LogP contribution in [-0.2, 0) is 27.7 Å². The van der Waals surface area contributed by atoms with Gasteiger partial charge in [0.2, 0.25) is 15.9 Å². The fourth-order valence-corrected chi connectivity index (χ4v) is 5.90. The predicted octanol–water partition coefficient (Wildman–Crippen LogP) is 1.90. The van der Waals surface area contributed by atoms with E-state index in [2.05, 4.69) is 9.97 Å².